The summed E-state index contributed by atoms with van der Waals surface area (Å²) in [7, 11) is -3.11. The first-order valence-corrected chi connectivity index (χ1v) is 32.4. The Bertz CT molecular complexity index is 4060. The zero-order chi connectivity index (χ0) is 64.1. The van der Waals surface area contributed by atoms with Crippen LogP contribution in [0, 0.1) is 25.5 Å². The fourth-order valence-corrected chi connectivity index (χ4v) is 13.6. The number of hydrogen-bond donors (Lipinski definition) is 0. The molecule has 2 unspecified atom stereocenters. The third kappa shape index (κ3) is 13.0. The highest BCUT2D eigenvalue weighted by Gasteiger charge is 2.37. The maximum Gasteiger partial charge on any atom is 0.355 e. The molecular weight excluding hydrogens is 1230 g/mol. The molecule has 2 aliphatic rings. The molecule has 6 aromatic heterocycles. The number of hydrogen-bond acceptors (Lipinski definition) is 14. The number of rotatable bonds is 12. The minimum Gasteiger partial charge on any atom is -0.349 e. The summed E-state index contributed by atoms with van der Waals surface area (Å²) in [5, 5.41) is 1.15. The summed E-state index contributed by atoms with van der Waals surface area (Å²) in [5.74, 6) is -1.00. The molecule has 2 aromatic carbocycles. The number of aryl methyl sites for hydroxylation is 2. The topological polar surface area (TPSA) is 203 Å². The number of amides is 2. The van der Waals surface area contributed by atoms with E-state index in [0.717, 1.165) is 11.1 Å². The van der Waals surface area contributed by atoms with Gasteiger partial charge in [-0.2, -0.15) is 9.97 Å². The summed E-state index contributed by atoms with van der Waals surface area (Å²) >= 11 is 13.7. The summed E-state index contributed by atoms with van der Waals surface area (Å²) in [5.41, 5.74) is 3.31. The molecule has 8 aromatic rings. The van der Waals surface area contributed by atoms with Gasteiger partial charge in [-0.15, -0.1) is 0 Å². The number of fused-ring (bicyclic) bond motifs is 2. The van der Waals surface area contributed by atoms with E-state index in [9.17, 15) is 27.6 Å². The number of piperazine rings is 2. The van der Waals surface area contributed by atoms with Gasteiger partial charge in [0.25, 0.3) is 0 Å². The minimum atomic E-state index is -1.55. The first-order valence-electron chi connectivity index (χ1n) is 28.5. The Balaban J connectivity index is 0.000000250. The summed E-state index contributed by atoms with van der Waals surface area (Å²) in [6, 6.07) is 14.6. The predicted octanol–water partition coefficient (Wildman–Crippen LogP) is 12.1. The van der Waals surface area contributed by atoms with Crippen molar-refractivity contribution < 1.29 is 26.8 Å². The summed E-state index contributed by atoms with van der Waals surface area (Å²) < 4.78 is 59.0. The largest absolute Gasteiger partial charge is 0.355 e. The maximum atomic E-state index is 15.4. The predicted molar refractivity (Wildman–Crippen MR) is 359 cm³/mol. The van der Waals surface area contributed by atoms with Gasteiger partial charge in [-0.25, -0.2) is 37.5 Å². The average molecular weight is 1310 g/mol. The second-order valence-corrected chi connectivity index (χ2v) is 26.3. The van der Waals surface area contributed by atoms with Crippen molar-refractivity contribution in [1.82, 2.24) is 48.8 Å². The van der Waals surface area contributed by atoms with Crippen LogP contribution < -0.4 is 21.2 Å². The highest BCUT2D eigenvalue weighted by Crippen LogP contribution is 2.41. The molecule has 18 nitrogen and oxygen atoms in total. The van der Waals surface area contributed by atoms with Crippen LogP contribution in [0.25, 0.3) is 56.0 Å². The van der Waals surface area contributed by atoms with E-state index >= 15 is 8.78 Å². The average Bonchev–Trinajstić information content (AvgIpc) is 0.792. The van der Waals surface area contributed by atoms with Crippen molar-refractivity contribution in [3.05, 3.63) is 164 Å². The Morgan fingerprint density at radius 2 is 0.944 bits per heavy atom. The van der Waals surface area contributed by atoms with E-state index in [0.29, 0.717) is 71.3 Å². The number of pyridine rings is 4. The molecule has 476 valence electrons. The second kappa shape index (κ2) is 28.1. The first kappa shape index (κ1) is 69.6. The van der Waals surface area contributed by atoms with Crippen molar-refractivity contribution in [2.45, 2.75) is 130 Å². The molecule has 2 amide bonds. The van der Waals surface area contributed by atoms with Crippen molar-refractivity contribution >= 4 is 90.3 Å². The molecule has 6 atom stereocenters. The molecule has 0 saturated carbocycles. The van der Waals surface area contributed by atoms with Crippen molar-refractivity contribution in [2.24, 2.45) is 0 Å². The number of anilines is 2. The van der Waals surface area contributed by atoms with Crippen LogP contribution in [-0.4, -0.2) is 132 Å². The third-order valence-electron chi connectivity index (χ3n) is 15.9. The maximum absolute atomic E-state index is 15.4. The number of carbonyl (C=O) groups is 2. The third-order valence-corrected chi connectivity index (χ3v) is 18.4. The standard InChI is InChI=1S/2C32H34ClFN6O3S.2CH4/c2*1-8-25(41)38-15-20(6)39(16-19(38)5)30-21-14-22(33)28(26-23(34)10-9-11-24(26)44(7)43)36-31(21)40(32(42)37-30)29-18(4)12-13-35-27(29)17(2)3;;/h2*8-14,17,19-20H,1,15-16H2,2-7H3;2*1H4/t2*19-,20+,44?;;/m11../s1. The van der Waals surface area contributed by atoms with Crippen molar-refractivity contribution in [1.29, 1.82) is 0 Å². The molecule has 8 heterocycles. The van der Waals surface area contributed by atoms with E-state index in [4.69, 9.17) is 33.2 Å². The minimum absolute atomic E-state index is 0. The van der Waals surface area contributed by atoms with E-state index < -0.39 is 44.6 Å². The van der Waals surface area contributed by atoms with Crippen molar-refractivity contribution in [3.63, 3.8) is 0 Å². The zero-order valence-electron chi connectivity index (χ0n) is 50.9. The fourth-order valence-electron chi connectivity index (χ4n) is 11.6. The van der Waals surface area contributed by atoms with Gasteiger partial charge in [0.1, 0.15) is 23.3 Å². The van der Waals surface area contributed by atoms with Gasteiger partial charge in [-0.05, 0) is 125 Å². The number of halogens is 4. The lowest BCUT2D eigenvalue weighted by atomic mass is 10.0. The lowest BCUT2D eigenvalue weighted by Crippen LogP contribution is -2.58. The molecule has 2 aliphatic heterocycles. The highest BCUT2D eigenvalue weighted by atomic mass is 35.5. The molecule has 2 fully saturated rings. The van der Waals surface area contributed by atoms with Gasteiger partial charge in [0, 0.05) is 75.3 Å². The van der Waals surface area contributed by atoms with Gasteiger partial charge in [0.05, 0.1) is 97.5 Å². The molecule has 90 heavy (non-hydrogen) atoms. The molecule has 0 radical (unpaired) electrons. The highest BCUT2D eigenvalue weighted by molar-refractivity contribution is 7.84. The molecular formula is C66H76Cl2F2N12O6S2. The molecule has 0 spiro atoms. The lowest BCUT2D eigenvalue weighted by Gasteiger charge is -2.44. The quantitative estimate of drug-likeness (QED) is 0.104. The van der Waals surface area contributed by atoms with Gasteiger partial charge in [0.2, 0.25) is 11.8 Å². The monoisotopic (exact) mass is 1300 g/mol. The van der Waals surface area contributed by atoms with Crippen molar-refractivity contribution in [2.75, 3.05) is 48.5 Å². The van der Waals surface area contributed by atoms with Gasteiger partial charge in [0.15, 0.2) is 11.3 Å². The number of nitrogens with zero attached hydrogens (tertiary/aromatic N) is 12. The van der Waals surface area contributed by atoms with Gasteiger partial charge >= 0.3 is 11.4 Å². The van der Waals surface area contributed by atoms with Crippen molar-refractivity contribution in [3.8, 4) is 33.9 Å². The van der Waals surface area contributed by atoms with Crippen LogP contribution in [0.3, 0.4) is 0 Å². The number of benzene rings is 2. The Kier molecular flexibility index (Phi) is 21.7. The normalized spacial score (nSPS) is 17.4. The second-order valence-electron chi connectivity index (χ2n) is 22.7. The van der Waals surface area contributed by atoms with Crippen LogP contribution in [0.1, 0.15) is 105 Å². The Labute approximate surface area is 538 Å². The first-order chi connectivity index (χ1) is 41.7. The Hall–Kier alpha value is -7.92. The van der Waals surface area contributed by atoms with E-state index in [1.54, 1.807) is 58.6 Å². The number of aromatic nitrogens is 8. The van der Waals surface area contributed by atoms with E-state index in [-0.39, 0.29) is 116 Å². The number of carbonyl (C=O) groups excluding carboxylic acids is 2. The van der Waals surface area contributed by atoms with Crippen LogP contribution in [0.15, 0.2) is 118 Å². The summed E-state index contributed by atoms with van der Waals surface area (Å²) in [6.45, 7) is 28.2. The summed E-state index contributed by atoms with van der Waals surface area (Å²) in [6.07, 6.45) is 8.88. The SMILES string of the molecule is C.C.C=CC(=O)N1C[C@H](C)N(c2nc(=O)n(-c3c(C)ccnc3C(C)C)c3nc(-c4c(F)cccc4S(C)=O)c(Cl)cc23)C[C@H]1C.C=CC(=O)N1C[C@H](C)N(c2nc(=O)n(-c3c(C)ccnc3C(C)C)c3nc(-c4c(F)cccc4S(C)=O)c(Cl)cc23)C[C@H]1C. The molecule has 10 rings (SSSR count). The lowest BCUT2D eigenvalue weighted by molar-refractivity contribution is -0.129. The van der Waals surface area contributed by atoms with Crippen LogP contribution in [0.4, 0.5) is 20.4 Å². The van der Waals surface area contributed by atoms with Crippen LogP contribution in [0.5, 0.6) is 0 Å². The zero-order valence-corrected chi connectivity index (χ0v) is 54.1. The smallest absolute Gasteiger partial charge is 0.349 e. The van der Waals surface area contributed by atoms with E-state index in [1.165, 1.54) is 58.1 Å². The molecule has 0 N–H and O–H groups in total. The molecule has 24 heteroatoms. The Morgan fingerprint density at radius 3 is 1.27 bits per heavy atom. The fraction of sp³-hybridized carbons (Fsp3) is 0.364. The van der Waals surface area contributed by atoms with Crippen LogP contribution >= 0.6 is 23.2 Å². The van der Waals surface area contributed by atoms with Gasteiger partial charge in [-0.3, -0.25) is 28.0 Å². The van der Waals surface area contributed by atoms with Gasteiger partial charge in [-0.1, -0.05) is 91.0 Å². The molecule has 2 saturated heterocycles. The van der Waals surface area contributed by atoms with E-state index in [1.807, 2.05) is 79.0 Å². The Morgan fingerprint density at radius 1 is 0.589 bits per heavy atom. The molecule has 0 aliphatic carbocycles. The van der Waals surface area contributed by atoms with E-state index in [2.05, 4.69) is 33.1 Å². The van der Waals surface area contributed by atoms with Crippen LogP contribution in [0.2, 0.25) is 10.0 Å². The summed E-state index contributed by atoms with van der Waals surface area (Å²) in [4.78, 5) is 89.2. The molecule has 0 bridgehead atoms. The van der Waals surface area contributed by atoms with Crippen LogP contribution in [-0.2, 0) is 31.2 Å². The van der Waals surface area contributed by atoms with Gasteiger partial charge < -0.3 is 19.6 Å².